The maximum absolute atomic E-state index is 11.6. The summed E-state index contributed by atoms with van der Waals surface area (Å²) in [5.74, 6) is 0.473. The summed E-state index contributed by atoms with van der Waals surface area (Å²) in [6.07, 6.45) is 6.59. The van der Waals surface area contributed by atoms with Gasteiger partial charge in [-0.15, -0.1) is 34.8 Å². The lowest BCUT2D eigenvalue weighted by Crippen LogP contribution is -2.18. The molecule has 0 amide bonds. The van der Waals surface area contributed by atoms with Crippen LogP contribution in [0.15, 0.2) is 36.7 Å². The van der Waals surface area contributed by atoms with Crippen LogP contribution in [0.1, 0.15) is 36.8 Å². The Kier molecular flexibility index (Phi) is 9.66. The first-order chi connectivity index (χ1) is 14.1. The summed E-state index contributed by atoms with van der Waals surface area (Å²) in [6.45, 7) is 0. The summed E-state index contributed by atoms with van der Waals surface area (Å²) in [6, 6.07) is 7.23. The van der Waals surface area contributed by atoms with E-state index in [2.05, 4.69) is 9.97 Å². The first-order valence-electron chi connectivity index (χ1n) is 8.97. The minimum Gasteiger partial charge on any atom is -0.297 e. The smallest absolute Gasteiger partial charge is 0.242 e. The van der Waals surface area contributed by atoms with Gasteiger partial charge in [-0.2, -0.15) is 0 Å². The predicted octanol–water partition coefficient (Wildman–Crippen LogP) is 6.62. The first-order valence-corrected chi connectivity index (χ1v) is 11.4. The van der Waals surface area contributed by atoms with Gasteiger partial charge in [-0.05, 0) is 55.0 Å². The molecule has 2 aromatic heterocycles. The third-order valence-corrected chi connectivity index (χ3v) is 6.96. The zero-order valence-corrected chi connectivity index (χ0v) is 20.2. The van der Waals surface area contributed by atoms with Crippen molar-refractivity contribution in [3.8, 4) is 0 Å². The van der Waals surface area contributed by atoms with Crippen molar-refractivity contribution in [3.63, 3.8) is 0 Å². The topological polar surface area (TPSA) is 59.9 Å². The molecular weight excluding hydrogens is 513 g/mol. The molecule has 10 heteroatoms. The number of pyridine rings is 2. The molecular formula is C20H18Cl6N2O2. The van der Waals surface area contributed by atoms with Crippen molar-refractivity contribution in [1.82, 2.24) is 9.97 Å². The van der Waals surface area contributed by atoms with E-state index in [9.17, 15) is 9.59 Å². The number of carbonyl (C=O) groups is 2. The van der Waals surface area contributed by atoms with Crippen molar-refractivity contribution in [3.05, 3.63) is 58.1 Å². The number of ketones is 1. The monoisotopic (exact) mass is 528 g/mol. The maximum atomic E-state index is 11.6. The number of rotatable bonds is 5. The fraction of sp³-hybridized carbons (Fsp3) is 0.400. The van der Waals surface area contributed by atoms with Crippen molar-refractivity contribution >= 4 is 80.6 Å². The van der Waals surface area contributed by atoms with E-state index in [0.717, 1.165) is 36.8 Å². The lowest BCUT2D eigenvalue weighted by Gasteiger charge is -2.05. The van der Waals surface area contributed by atoms with Crippen molar-refractivity contribution in [2.45, 2.75) is 47.7 Å². The van der Waals surface area contributed by atoms with Crippen molar-refractivity contribution in [2.75, 3.05) is 0 Å². The van der Waals surface area contributed by atoms with E-state index < -0.39 is 15.0 Å². The molecule has 0 unspecified atom stereocenters. The van der Waals surface area contributed by atoms with Crippen LogP contribution < -0.4 is 0 Å². The molecule has 4 nitrogen and oxygen atoms in total. The third-order valence-electron chi connectivity index (χ3n) is 4.40. The Morgan fingerprint density at radius 3 is 1.63 bits per heavy atom. The Morgan fingerprint density at radius 2 is 1.33 bits per heavy atom. The number of hydrogen-bond acceptors (Lipinski definition) is 4. The van der Waals surface area contributed by atoms with E-state index in [1.165, 1.54) is 0 Å². The molecule has 0 N–H and O–H groups in total. The van der Waals surface area contributed by atoms with Crippen LogP contribution in [0, 0.1) is 0 Å². The average Bonchev–Trinajstić information content (AvgIpc) is 3.64. The van der Waals surface area contributed by atoms with Crippen LogP contribution in [0.5, 0.6) is 0 Å². The lowest BCUT2D eigenvalue weighted by atomic mass is 10.1. The molecule has 2 fully saturated rings. The van der Waals surface area contributed by atoms with Gasteiger partial charge in [-0.1, -0.05) is 35.3 Å². The van der Waals surface area contributed by atoms with Gasteiger partial charge in [0.05, 0.1) is 5.88 Å². The summed E-state index contributed by atoms with van der Waals surface area (Å²) in [5.41, 5.74) is 1.63. The Labute approximate surface area is 205 Å². The molecule has 2 aromatic rings. The normalized spacial score (nSPS) is 16.9. The third kappa shape index (κ3) is 7.81. The number of Topliss-reactive ketones (excluding diaryl/α,β-unsaturated/α-hetero) is 1. The van der Waals surface area contributed by atoms with Gasteiger partial charge < -0.3 is 0 Å². The van der Waals surface area contributed by atoms with E-state index in [1.807, 2.05) is 12.1 Å². The van der Waals surface area contributed by atoms with E-state index in [0.29, 0.717) is 16.2 Å². The van der Waals surface area contributed by atoms with E-state index >= 15 is 0 Å². The zero-order chi connectivity index (χ0) is 22.4. The Bertz CT molecular complexity index is 900. The van der Waals surface area contributed by atoms with Gasteiger partial charge in [0.15, 0.2) is 5.78 Å². The molecule has 0 aromatic carbocycles. The molecule has 162 valence electrons. The van der Waals surface area contributed by atoms with E-state index in [4.69, 9.17) is 69.6 Å². The van der Waals surface area contributed by atoms with Crippen LogP contribution in [0.4, 0.5) is 0 Å². The van der Waals surface area contributed by atoms with Gasteiger partial charge in [0.25, 0.3) is 0 Å². The molecule has 0 saturated heterocycles. The highest BCUT2D eigenvalue weighted by Gasteiger charge is 2.47. The molecule has 0 radical (unpaired) electrons. The number of alkyl halides is 3. The van der Waals surface area contributed by atoms with E-state index in [1.54, 1.807) is 24.5 Å². The molecule has 0 spiro atoms. The minimum atomic E-state index is -0.651. The number of halogens is 6. The number of hydrogen-bond donors (Lipinski definition) is 0. The van der Waals surface area contributed by atoms with E-state index in [-0.39, 0.29) is 12.2 Å². The zero-order valence-electron chi connectivity index (χ0n) is 15.7. The summed E-state index contributed by atoms with van der Waals surface area (Å²) < 4.78 is 0. The SMILES string of the molecule is ClCc1cccnc1Cl.O=C(Cc1cccnc1Cl)C1(Cl)CC1.O=C(Cl)C1(Cl)CC1. The molecule has 0 bridgehead atoms. The predicted molar refractivity (Wildman–Crippen MR) is 123 cm³/mol. The largest absolute Gasteiger partial charge is 0.297 e. The standard InChI is InChI=1S/C10H9Cl2NO.C6H5Cl2N.C4H4Cl2O/c11-9-7(2-1-5-13-9)6-8(14)10(12)3-4-10;7-4-5-2-1-3-9-6(5)8;5-3(7)4(6)1-2-4/h1-2,5H,3-4,6H2;1-3H,4H2;1-2H2. The van der Waals surface area contributed by atoms with Crippen LogP contribution in [0.2, 0.25) is 10.3 Å². The quantitative estimate of drug-likeness (QED) is 0.248. The fourth-order valence-corrected chi connectivity index (χ4v) is 3.20. The Balaban J connectivity index is 0.000000173. The molecule has 2 aliphatic rings. The van der Waals surface area contributed by atoms with Crippen molar-refractivity contribution in [1.29, 1.82) is 0 Å². The van der Waals surface area contributed by atoms with Crippen molar-refractivity contribution in [2.24, 2.45) is 0 Å². The number of nitrogens with zero attached hydrogens (tertiary/aromatic N) is 2. The van der Waals surface area contributed by atoms with Crippen LogP contribution in [-0.2, 0) is 21.9 Å². The van der Waals surface area contributed by atoms with Gasteiger partial charge in [0.1, 0.15) is 20.1 Å². The Morgan fingerprint density at radius 1 is 0.867 bits per heavy atom. The van der Waals surface area contributed by atoms with Crippen LogP contribution >= 0.6 is 69.6 Å². The van der Waals surface area contributed by atoms with Gasteiger partial charge in [-0.3, -0.25) is 9.59 Å². The Hall–Kier alpha value is -0.620. The van der Waals surface area contributed by atoms with Gasteiger partial charge in [0.2, 0.25) is 5.24 Å². The molecule has 0 aliphatic heterocycles. The molecule has 2 saturated carbocycles. The second-order valence-electron chi connectivity index (χ2n) is 6.84. The summed E-state index contributed by atoms with van der Waals surface area (Å²) >= 11 is 33.5. The fourth-order valence-electron chi connectivity index (χ4n) is 2.10. The van der Waals surface area contributed by atoms with Crippen molar-refractivity contribution < 1.29 is 9.59 Å². The summed E-state index contributed by atoms with van der Waals surface area (Å²) in [5, 5.41) is 0.475. The molecule has 0 atom stereocenters. The lowest BCUT2D eigenvalue weighted by molar-refractivity contribution is -0.118. The first kappa shape index (κ1) is 25.6. The molecule has 2 heterocycles. The number of aromatic nitrogens is 2. The minimum absolute atomic E-state index is 0.0501. The summed E-state index contributed by atoms with van der Waals surface area (Å²) in [4.78, 5) is 28.3. The van der Waals surface area contributed by atoms with Crippen LogP contribution in [-0.4, -0.2) is 30.7 Å². The highest BCUT2D eigenvalue weighted by molar-refractivity contribution is 6.71. The maximum Gasteiger partial charge on any atom is 0.242 e. The number of carbonyl (C=O) groups excluding carboxylic acids is 2. The highest BCUT2D eigenvalue weighted by Crippen LogP contribution is 2.44. The van der Waals surface area contributed by atoms with Gasteiger partial charge in [-0.25, -0.2) is 9.97 Å². The second-order valence-corrected chi connectivity index (χ2v) is 9.62. The molecule has 4 rings (SSSR count). The average molecular weight is 531 g/mol. The molecule has 2 aliphatic carbocycles. The van der Waals surface area contributed by atoms with Gasteiger partial charge >= 0.3 is 0 Å². The van der Waals surface area contributed by atoms with Crippen LogP contribution in [0.25, 0.3) is 0 Å². The van der Waals surface area contributed by atoms with Gasteiger partial charge in [0, 0.05) is 24.4 Å². The summed E-state index contributed by atoms with van der Waals surface area (Å²) in [7, 11) is 0. The second kappa shape index (κ2) is 11.3. The molecule has 30 heavy (non-hydrogen) atoms. The highest BCUT2D eigenvalue weighted by atomic mass is 35.5. The van der Waals surface area contributed by atoms with Crippen LogP contribution in [0.3, 0.4) is 0 Å².